The van der Waals surface area contributed by atoms with Crippen molar-refractivity contribution in [2.45, 2.75) is 78.1 Å². The summed E-state index contributed by atoms with van der Waals surface area (Å²) in [5, 5.41) is 13.4. The molecule has 4 nitrogen and oxygen atoms in total. The van der Waals surface area contributed by atoms with Gasteiger partial charge < -0.3 is 10.4 Å². The number of phenolic OH excluding ortho intramolecular Hbond substituents is 1. The van der Waals surface area contributed by atoms with Crippen LogP contribution in [0.1, 0.15) is 94.1 Å². The molecule has 1 atom stereocenters. The summed E-state index contributed by atoms with van der Waals surface area (Å²) >= 11 is 0. The van der Waals surface area contributed by atoms with Crippen molar-refractivity contribution >= 4 is 17.4 Å². The number of nitrogens with one attached hydrogen (secondary N) is 1. The Labute approximate surface area is 180 Å². The summed E-state index contributed by atoms with van der Waals surface area (Å²) in [4.78, 5) is 24.9. The van der Waals surface area contributed by atoms with Crippen LogP contribution in [0.3, 0.4) is 0 Å². The van der Waals surface area contributed by atoms with Crippen molar-refractivity contribution in [3.8, 4) is 5.75 Å². The van der Waals surface area contributed by atoms with E-state index in [0.717, 1.165) is 36.8 Å². The quantitative estimate of drug-likeness (QED) is 0.363. The number of ketones is 1. The molecule has 2 rings (SSSR count). The first-order valence-corrected chi connectivity index (χ1v) is 10.9. The monoisotopic (exact) mass is 409 g/mol. The number of unbranched alkanes of at least 4 members (excludes halogenated alkanes) is 2. The van der Waals surface area contributed by atoms with Gasteiger partial charge in [0.25, 0.3) is 0 Å². The van der Waals surface area contributed by atoms with Gasteiger partial charge in [-0.15, -0.1) is 0 Å². The van der Waals surface area contributed by atoms with Crippen LogP contribution in [0.5, 0.6) is 5.75 Å². The van der Waals surface area contributed by atoms with Crippen molar-refractivity contribution in [1.82, 2.24) is 0 Å². The molecule has 2 N–H and O–H groups in total. The first kappa shape index (κ1) is 23.7. The molecule has 0 saturated heterocycles. The number of aromatic hydroxyl groups is 1. The first-order chi connectivity index (χ1) is 14.1. The van der Waals surface area contributed by atoms with Crippen LogP contribution >= 0.6 is 0 Å². The fraction of sp³-hybridized carbons (Fsp3) is 0.462. The van der Waals surface area contributed by atoms with Crippen molar-refractivity contribution < 1.29 is 14.7 Å². The molecule has 4 heteroatoms. The Hall–Kier alpha value is -2.62. The van der Waals surface area contributed by atoms with E-state index < -0.39 is 0 Å². The van der Waals surface area contributed by atoms with Crippen LogP contribution in [0.15, 0.2) is 42.5 Å². The third-order valence-electron chi connectivity index (χ3n) is 5.47. The Morgan fingerprint density at radius 1 is 1.07 bits per heavy atom. The summed E-state index contributed by atoms with van der Waals surface area (Å²) in [6.45, 7) is 9.93. The number of para-hydroxylation sites is 1. The zero-order valence-corrected chi connectivity index (χ0v) is 18.9. The summed E-state index contributed by atoms with van der Waals surface area (Å²) in [6.07, 6.45) is 4.34. The highest BCUT2D eigenvalue weighted by molar-refractivity contribution is 5.98. The summed E-state index contributed by atoms with van der Waals surface area (Å²) < 4.78 is 0. The van der Waals surface area contributed by atoms with E-state index in [1.165, 1.54) is 6.92 Å². The average molecular weight is 410 g/mol. The maximum Gasteiger partial charge on any atom is 0.224 e. The first-order valence-electron chi connectivity index (χ1n) is 10.9. The number of hydrogen-bond donors (Lipinski definition) is 2. The molecule has 0 aromatic heterocycles. The molecule has 0 radical (unpaired) electrons. The molecule has 0 spiro atoms. The highest BCUT2D eigenvalue weighted by atomic mass is 16.3. The van der Waals surface area contributed by atoms with Crippen LogP contribution in [-0.4, -0.2) is 16.8 Å². The van der Waals surface area contributed by atoms with E-state index in [-0.39, 0.29) is 35.2 Å². The molecule has 162 valence electrons. The Balaban J connectivity index is 2.27. The smallest absolute Gasteiger partial charge is 0.224 e. The number of carbonyl (C=O) groups is 2. The number of amides is 1. The Kier molecular flexibility index (Phi) is 8.22. The van der Waals surface area contributed by atoms with Crippen molar-refractivity contribution in [2.24, 2.45) is 0 Å². The number of rotatable bonds is 9. The van der Waals surface area contributed by atoms with Gasteiger partial charge in [0.1, 0.15) is 5.75 Å². The van der Waals surface area contributed by atoms with E-state index in [9.17, 15) is 14.7 Å². The molecule has 0 bridgehead atoms. The Morgan fingerprint density at radius 3 is 2.37 bits per heavy atom. The third-order valence-corrected chi connectivity index (χ3v) is 5.47. The largest absolute Gasteiger partial charge is 0.508 e. The minimum absolute atomic E-state index is 0.0300. The van der Waals surface area contributed by atoms with Crippen LogP contribution in [0.2, 0.25) is 0 Å². The highest BCUT2D eigenvalue weighted by Crippen LogP contribution is 2.34. The number of phenols is 1. The molecule has 2 aromatic carbocycles. The van der Waals surface area contributed by atoms with Crippen LogP contribution in [0.4, 0.5) is 5.69 Å². The molecule has 0 aliphatic carbocycles. The maximum atomic E-state index is 13.0. The number of Topliss-reactive ketones (excluding diaryl/α,β-unsaturated/α-hetero) is 1. The van der Waals surface area contributed by atoms with Gasteiger partial charge in [0.15, 0.2) is 5.78 Å². The SMILES string of the molecule is CCCCCC(CC(=O)Nc1cc(C(C)=O)ccc1C(C)(C)C)c1ccccc1O. The lowest BCUT2D eigenvalue weighted by molar-refractivity contribution is -0.116. The van der Waals surface area contributed by atoms with Gasteiger partial charge in [-0.3, -0.25) is 9.59 Å². The highest BCUT2D eigenvalue weighted by Gasteiger charge is 2.23. The standard InChI is InChI=1S/C26H35NO3/c1-6-7-8-11-20(21-12-9-10-13-24(21)29)17-25(30)27-23-16-19(18(2)28)14-15-22(23)26(3,4)5/h9-10,12-16,20,29H,6-8,11,17H2,1-5H3,(H,27,30). The second-order valence-electron chi connectivity index (χ2n) is 9.07. The molecule has 0 fully saturated rings. The molecule has 30 heavy (non-hydrogen) atoms. The van der Waals surface area contributed by atoms with E-state index in [4.69, 9.17) is 0 Å². The zero-order valence-electron chi connectivity index (χ0n) is 18.9. The molecule has 0 saturated carbocycles. The maximum absolute atomic E-state index is 13.0. The zero-order chi connectivity index (χ0) is 22.3. The van der Waals surface area contributed by atoms with Crippen molar-refractivity contribution in [3.05, 3.63) is 59.2 Å². The average Bonchev–Trinajstić information content (AvgIpc) is 2.67. The van der Waals surface area contributed by atoms with Crippen molar-refractivity contribution in [2.75, 3.05) is 5.32 Å². The lowest BCUT2D eigenvalue weighted by Crippen LogP contribution is -2.21. The van der Waals surface area contributed by atoms with E-state index in [2.05, 4.69) is 33.0 Å². The van der Waals surface area contributed by atoms with Gasteiger partial charge in [-0.2, -0.15) is 0 Å². The summed E-state index contributed by atoms with van der Waals surface area (Å²) in [6, 6.07) is 12.8. The fourth-order valence-corrected chi connectivity index (χ4v) is 3.79. The van der Waals surface area contributed by atoms with E-state index >= 15 is 0 Å². The van der Waals surface area contributed by atoms with Crippen LogP contribution < -0.4 is 5.32 Å². The predicted octanol–water partition coefficient (Wildman–Crippen LogP) is 6.59. The fourth-order valence-electron chi connectivity index (χ4n) is 3.79. The molecule has 1 amide bonds. The van der Waals surface area contributed by atoms with Gasteiger partial charge >= 0.3 is 0 Å². The summed E-state index contributed by atoms with van der Waals surface area (Å²) in [5.74, 6) is 0.0520. The molecular formula is C26H35NO3. The van der Waals surface area contributed by atoms with E-state index in [0.29, 0.717) is 11.3 Å². The van der Waals surface area contributed by atoms with Gasteiger partial charge in [0.05, 0.1) is 0 Å². The van der Waals surface area contributed by atoms with Crippen molar-refractivity contribution in [1.29, 1.82) is 0 Å². The number of carbonyl (C=O) groups excluding carboxylic acids is 2. The lowest BCUT2D eigenvalue weighted by Gasteiger charge is -2.24. The van der Waals surface area contributed by atoms with Crippen LogP contribution in [0.25, 0.3) is 0 Å². The molecular weight excluding hydrogens is 374 g/mol. The number of anilines is 1. The minimum Gasteiger partial charge on any atom is -0.508 e. The molecule has 1 unspecified atom stereocenters. The number of benzene rings is 2. The molecule has 0 aliphatic heterocycles. The second-order valence-corrected chi connectivity index (χ2v) is 9.07. The topological polar surface area (TPSA) is 66.4 Å². The summed E-state index contributed by atoms with van der Waals surface area (Å²) in [5.41, 5.74) is 2.91. The van der Waals surface area contributed by atoms with E-state index in [1.807, 2.05) is 24.3 Å². The Bertz CT molecular complexity index is 880. The minimum atomic E-state index is -0.170. The van der Waals surface area contributed by atoms with Gasteiger partial charge in [-0.25, -0.2) is 0 Å². The molecule has 2 aromatic rings. The normalized spacial score (nSPS) is 12.4. The van der Waals surface area contributed by atoms with Gasteiger partial charge in [-0.05, 0) is 47.9 Å². The van der Waals surface area contributed by atoms with Crippen LogP contribution in [0, 0.1) is 0 Å². The molecule has 0 aliphatic rings. The van der Waals surface area contributed by atoms with Crippen LogP contribution in [-0.2, 0) is 10.2 Å². The number of hydrogen-bond acceptors (Lipinski definition) is 3. The lowest BCUT2D eigenvalue weighted by atomic mass is 9.84. The Morgan fingerprint density at radius 2 is 1.77 bits per heavy atom. The van der Waals surface area contributed by atoms with Gasteiger partial charge in [0, 0.05) is 17.7 Å². The predicted molar refractivity (Wildman–Crippen MR) is 123 cm³/mol. The van der Waals surface area contributed by atoms with Gasteiger partial charge in [-0.1, -0.05) is 77.3 Å². The third kappa shape index (κ3) is 6.45. The second kappa shape index (κ2) is 10.4. The summed E-state index contributed by atoms with van der Waals surface area (Å²) in [7, 11) is 0. The molecule has 0 heterocycles. The van der Waals surface area contributed by atoms with Crippen molar-refractivity contribution in [3.63, 3.8) is 0 Å². The van der Waals surface area contributed by atoms with E-state index in [1.54, 1.807) is 18.2 Å². The van der Waals surface area contributed by atoms with Gasteiger partial charge in [0.2, 0.25) is 5.91 Å².